The average molecular weight is 277 g/mol. The van der Waals surface area contributed by atoms with Crippen molar-refractivity contribution in [3.05, 3.63) is 35.2 Å². The van der Waals surface area contributed by atoms with Crippen LogP contribution in [0.4, 0.5) is 0 Å². The van der Waals surface area contributed by atoms with Crippen LogP contribution in [0.2, 0.25) is 0 Å². The highest BCUT2D eigenvalue weighted by molar-refractivity contribution is 7.99. The fraction of sp³-hybridized carbons (Fsp3) is 0.385. The Kier molecular flexibility index (Phi) is 3.44. The predicted molar refractivity (Wildman–Crippen MR) is 72.2 cm³/mol. The highest BCUT2D eigenvalue weighted by Crippen LogP contribution is 2.31. The van der Waals surface area contributed by atoms with Crippen LogP contribution in [0.15, 0.2) is 27.8 Å². The Bertz CT molecular complexity index is 585. The molecule has 1 aliphatic rings. The van der Waals surface area contributed by atoms with Crippen molar-refractivity contribution in [2.75, 3.05) is 5.75 Å². The Labute approximate surface area is 115 Å². The predicted octanol–water partition coefficient (Wildman–Crippen LogP) is 1.93. The third-order valence-electron chi connectivity index (χ3n) is 2.97. The van der Waals surface area contributed by atoms with Gasteiger partial charge in [-0.2, -0.15) is 0 Å². The molecule has 1 aliphatic heterocycles. The van der Waals surface area contributed by atoms with Crippen molar-refractivity contribution in [3.8, 4) is 5.75 Å². The maximum atomic E-state index is 5.88. The largest absolute Gasteiger partial charge is 0.489 e. The van der Waals surface area contributed by atoms with Gasteiger partial charge in [-0.15, -0.1) is 10.2 Å². The summed E-state index contributed by atoms with van der Waals surface area (Å²) in [6.07, 6.45) is 1.09. The first-order valence-corrected chi connectivity index (χ1v) is 7.14. The summed E-state index contributed by atoms with van der Waals surface area (Å²) < 4.78 is 11.2. The topological polar surface area (TPSA) is 74.2 Å². The molecule has 1 unspecified atom stereocenters. The summed E-state index contributed by atoms with van der Waals surface area (Å²) in [5, 5.41) is 8.30. The van der Waals surface area contributed by atoms with E-state index in [1.807, 2.05) is 6.07 Å². The van der Waals surface area contributed by atoms with Gasteiger partial charge in [0.1, 0.15) is 11.9 Å². The molecule has 0 amide bonds. The molecule has 0 saturated carbocycles. The quantitative estimate of drug-likeness (QED) is 0.861. The molecule has 2 N–H and O–H groups in total. The van der Waals surface area contributed by atoms with Gasteiger partial charge >= 0.3 is 0 Å². The normalized spacial score (nSPS) is 17.3. The van der Waals surface area contributed by atoms with Crippen LogP contribution in [0.3, 0.4) is 0 Å². The van der Waals surface area contributed by atoms with Crippen molar-refractivity contribution < 1.29 is 9.15 Å². The van der Waals surface area contributed by atoms with Crippen molar-refractivity contribution in [2.45, 2.75) is 31.2 Å². The van der Waals surface area contributed by atoms with E-state index < -0.39 is 0 Å². The van der Waals surface area contributed by atoms with E-state index >= 15 is 0 Å². The zero-order valence-corrected chi connectivity index (χ0v) is 11.4. The Hall–Kier alpha value is -1.53. The van der Waals surface area contributed by atoms with Crippen LogP contribution in [-0.4, -0.2) is 22.1 Å². The zero-order chi connectivity index (χ0) is 13.2. The lowest BCUT2D eigenvalue weighted by Gasteiger charge is -2.07. The Morgan fingerprint density at radius 3 is 3.11 bits per heavy atom. The lowest BCUT2D eigenvalue weighted by atomic mass is 10.1. The molecule has 2 aromatic rings. The third-order valence-corrected chi connectivity index (χ3v) is 3.92. The highest BCUT2D eigenvalue weighted by atomic mass is 32.2. The van der Waals surface area contributed by atoms with E-state index in [-0.39, 0.29) is 12.6 Å². The molecule has 0 saturated heterocycles. The van der Waals surface area contributed by atoms with Crippen molar-refractivity contribution >= 4 is 11.8 Å². The molecule has 6 heteroatoms. The number of fused-ring (bicyclic) bond motifs is 1. The van der Waals surface area contributed by atoms with Crippen LogP contribution in [0.1, 0.15) is 17.0 Å². The van der Waals surface area contributed by atoms with Crippen LogP contribution in [0, 0.1) is 6.92 Å². The van der Waals surface area contributed by atoms with E-state index in [1.165, 1.54) is 22.9 Å². The molecule has 0 spiro atoms. The van der Waals surface area contributed by atoms with Gasteiger partial charge in [0.15, 0.2) is 0 Å². The standard InChI is InChI=1S/C13H15N3O2S/c1-8-2-3-11-9(4-8)5-10(17-11)7-19-13-16-15-12(6-14)18-13/h2-4,10H,5-7,14H2,1H3. The smallest absolute Gasteiger partial charge is 0.276 e. The fourth-order valence-corrected chi connectivity index (χ4v) is 2.85. The molecule has 100 valence electrons. The molecule has 0 fully saturated rings. The van der Waals surface area contributed by atoms with Gasteiger partial charge in [0.05, 0.1) is 6.54 Å². The van der Waals surface area contributed by atoms with Gasteiger partial charge in [-0.1, -0.05) is 29.5 Å². The summed E-state index contributed by atoms with van der Waals surface area (Å²) in [6, 6.07) is 6.29. The summed E-state index contributed by atoms with van der Waals surface area (Å²) in [4.78, 5) is 0. The second-order valence-corrected chi connectivity index (χ2v) is 5.50. The molecule has 19 heavy (non-hydrogen) atoms. The number of nitrogens with zero attached hydrogens (tertiary/aromatic N) is 2. The van der Waals surface area contributed by atoms with Gasteiger partial charge in [0.2, 0.25) is 5.89 Å². The Morgan fingerprint density at radius 1 is 1.42 bits per heavy atom. The molecule has 1 aromatic heterocycles. The molecule has 0 aliphatic carbocycles. The third kappa shape index (κ3) is 2.74. The van der Waals surface area contributed by atoms with Crippen LogP contribution >= 0.6 is 11.8 Å². The van der Waals surface area contributed by atoms with Gasteiger partial charge in [-0.05, 0) is 18.6 Å². The molecule has 3 rings (SSSR count). The molecule has 1 aromatic carbocycles. The van der Waals surface area contributed by atoms with Crippen LogP contribution in [0.5, 0.6) is 5.75 Å². The molecule has 2 heterocycles. The van der Waals surface area contributed by atoms with Gasteiger partial charge < -0.3 is 14.9 Å². The van der Waals surface area contributed by atoms with Crippen molar-refractivity contribution in [2.24, 2.45) is 5.73 Å². The maximum absolute atomic E-state index is 5.88. The lowest BCUT2D eigenvalue weighted by Crippen LogP contribution is -2.15. The molecule has 5 nitrogen and oxygen atoms in total. The second-order valence-electron chi connectivity index (χ2n) is 4.53. The van der Waals surface area contributed by atoms with E-state index in [9.17, 15) is 0 Å². The average Bonchev–Trinajstić information content (AvgIpc) is 3.01. The van der Waals surface area contributed by atoms with E-state index in [0.717, 1.165) is 17.9 Å². The first-order chi connectivity index (χ1) is 9.24. The minimum Gasteiger partial charge on any atom is -0.489 e. The summed E-state index contributed by atoms with van der Waals surface area (Å²) in [7, 11) is 0. The minimum atomic E-state index is 0.162. The van der Waals surface area contributed by atoms with Crippen molar-refractivity contribution in [1.82, 2.24) is 10.2 Å². The number of benzene rings is 1. The van der Waals surface area contributed by atoms with Crippen molar-refractivity contribution in [1.29, 1.82) is 0 Å². The summed E-state index contributed by atoms with van der Waals surface area (Å²) in [6.45, 7) is 2.37. The lowest BCUT2D eigenvalue weighted by molar-refractivity contribution is 0.258. The summed E-state index contributed by atoms with van der Waals surface area (Å²) in [5.74, 6) is 2.25. The number of rotatable bonds is 4. The van der Waals surface area contributed by atoms with E-state index in [4.69, 9.17) is 14.9 Å². The van der Waals surface area contributed by atoms with Crippen molar-refractivity contribution in [3.63, 3.8) is 0 Å². The van der Waals surface area contributed by atoms with Crippen LogP contribution in [-0.2, 0) is 13.0 Å². The van der Waals surface area contributed by atoms with E-state index in [1.54, 1.807) is 0 Å². The number of aromatic nitrogens is 2. The summed E-state index contributed by atoms with van der Waals surface area (Å²) in [5.41, 5.74) is 7.96. The molecular formula is C13H15N3O2S. The Balaban J connectivity index is 1.58. The first-order valence-electron chi connectivity index (χ1n) is 6.16. The number of hydrogen-bond acceptors (Lipinski definition) is 6. The number of ether oxygens (including phenoxy) is 1. The SMILES string of the molecule is Cc1ccc2c(c1)CC(CSc1nnc(CN)o1)O2. The zero-order valence-electron chi connectivity index (χ0n) is 10.6. The molecule has 0 bridgehead atoms. The Morgan fingerprint density at radius 2 is 2.32 bits per heavy atom. The van der Waals surface area contributed by atoms with Crippen LogP contribution in [0.25, 0.3) is 0 Å². The molecule has 1 atom stereocenters. The van der Waals surface area contributed by atoms with Gasteiger partial charge in [-0.25, -0.2) is 0 Å². The first kappa shape index (κ1) is 12.5. The number of nitrogens with two attached hydrogens (primary N) is 1. The minimum absolute atomic E-state index is 0.162. The van der Waals surface area contributed by atoms with Gasteiger partial charge in [0.25, 0.3) is 5.22 Å². The molecular weight excluding hydrogens is 262 g/mol. The van der Waals surface area contributed by atoms with E-state index in [2.05, 4.69) is 29.3 Å². The van der Waals surface area contributed by atoms with E-state index in [0.29, 0.717) is 11.1 Å². The second kappa shape index (κ2) is 5.22. The number of aryl methyl sites for hydroxylation is 1. The van der Waals surface area contributed by atoms with Gasteiger partial charge in [0, 0.05) is 12.2 Å². The fourth-order valence-electron chi connectivity index (χ4n) is 2.09. The molecule has 0 radical (unpaired) electrons. The number of thioether (sulfide) groups is 1. The van der Waals surface area contributed by atoms with Gasteiger partial charge in [-0.3, -0.25) is 0 Å². The maximum Gasteiger partial charge on any atom is 0.276 e. The summed E-state index contributed by atoms with van der Waals surface area (Å²) >= 11 is 1.51. The highest BCUT2D eigenvalue weighted by Gasteiger charge is 2.23. The van der Waals surface area contributed by atoms with Crippen LogP contribution < -0.4 is 10.5 Å². The number of hydrogen-bond donors (Lipinski definition) is 1. The monoisotopic (exact) mass is 277 g/mol.